The highest BCUT2D eigenvalue weighted by molar-refractivity contribution is 9.09. The van der Waals surface area contributed by atoms with Crippen LogP contribution in [0, 0.1) is 13.8 Å². The molecule has 0 bridgehead atoms. The molecule has 4 heteroatoms. The third-order valence-electron chi connectivity index (χ3n) is 3.23. The summed E-state index contributed by atoms with van der Waals surface area (Å²) in [4.78, 5) is -0.106. The summed E-state index contributed by atoms with van der Waals surface area (Å²) in [5, 5.41) is 0. The lowest BCUT2D eigenvalue weighted by molar-refractivity contribution is -0.137. The Bertz CT molecular complexity index is 600. The van der Waals surface area contributed by atoms with Crippen molar-refractivity contribution in [3.63, 3.8) is 0 Å². The van der Waals surface area contributed by atoms with Gasteiger partial charge in [-0.3, -0.25) is 0 Å². The fourth-order valence-corrected chi connectivity index (χ4v) is 2.95. The molecular weight excluding hydrogens is 329 g/mol. The van der Waals surface area contributed by atoms with Crippen molar-refractivity contribution in [2.75, 3.05) is 0 Å². The van der Waals surface area contributed by atoms with Crippen molar-refractivity contribution >= 4 is 15.9 Å². The molecule has 1 unspecified atom stereocenters. The summed E-state index contributed by atoms with van der Waals surface area (Å²) >= 11 is 3.56. The molecule has 106 valence electrons. The van der Waals surface area contributed by atoms with Gasteiger partial charge in [0.1, 0.15) is 0 Å². The standard InChI is InChI=1S/C16H14BrF3/c1-10-3-8-14(11(2)9-10)15(17)12-4-6-13(7-5-12)16(18,19)20/h3-9,15H,1-2H3. The highest BCUT2D eigenvalue weighted by Gasteiger charge is 2.30. The average molecular weight is 343 g/mol. The van der Waals surface area contributed by atoms with E-state index in [-0.39, 0.29) is 4.83 Å². The van der Waals surface area contributed by atoms with Crippen LogP contribution >= 0.6 is 15.9 Å². The monoisotopic (exact) mass is 342 g/mol. The van der Waals surface area contributed by atoms with Gasteiger partial charge in [0.2, 0.25) is 0 Å². The van der Waals surface area contributed by atoms with Gasteiger partial charge in [-0.05, 0) is 42.7 Å². The summed E-state index contributed by atoms with van der Waals surface area (Å²) in [7, 11) is 0. The minimum absolute atomic E-state index is 0.106. The summed E-state index contributed by atoms with van der Waals surface area (Å²) < 4.78 is 37.6. The summed E-state index contributed by atoms with van der Waals surface area (Å²) in [5.41, 5.74) is 3.53. The maximum atomic E-state index is 12.5. The molecule has 0 saturated heterocycles. The van der Waals surface area contributed by atoms with E-state index < -0.39 is 11.7 Å². The molecule has 20 heavy (non-hydrogen) atoms. The molecule has 0 heterocycles. The Balaban J connectivity index is 2.31. The van der Waals surface area contributed by atoms with E-state index in [2.05, 4.69) is 22.0 Å². The molecule has 1 atom stereocenters. The number of benzene rings is 2. The Kier molecular flexibility index (Phi) is 4.23. The zero-order chi connectivity index (χ0) is 14.9. The van der Waals surface area contributed by atoms with Crippen molar-refractivity contribution in [1.29, 1.82) is 0 Å². The normalized spacial score (nSPS) is 13.3. The van der Waals surface area contributed by atoms with E-state index in [4.69, 9.17) is 0 Å². The number of halogens is 4. The molecule has 0 aliphatic rings. The molecule has 0 N–H and O–H groups in total. The molecule has 0 fully saturated rings. The lowest BCUT2D eigenvalue weighted by atomic mass is 9.98. The van der Waals surface area contributed by atoms with Gasteiger partial charge in [-0.2, -0.15) is 13.2 Å². The molecule has 0 aromatic heterocycles. The zero-order valence-corrected chi connectivity index (χ0v) is 12.7. The quantitative estimate of drug-likeness (QED) is 0.604. The van der Waals surface area contributed by atoms with Crippen molar-refractivity contribution in [3.05, 3.63) is 70.3 Å². The fraction of sp³-hybridized carbons (Fsp3) is 0.250. The first-order valence-electron chi connectivity index (χ1n) is 6.17. The van der Waals surface area contributed by atoms with Crippen LogP contribution in [0.4, 0.5) is 13.2 Å². The first-order chi connectivity index (χ1) is 9.29. The van der Waals surface area contributed by atoms with Crippen molar-refractivity contribution in [3.8, 4) is 0 Å². The van der Waals surface area contributed by atoms with E-state index in [0.717, 1.165) is 28.8 Å². The van der Waals surface area contributed by atoms with Gasteiger partial charge in [0.05, 0.1) is 10.4 Å². The predicted molar refractivity (Wildman–Crippen MR) is 78.1 cm³/mol. The van der Waals surface area contributed by atoms with Gasteiger partial charge >= 0.3 is 6.18 Å². The van der Waals surface area contributed by atoms with Crippen molar-refractivity contribution in [2.45, 2.75) is 24.9 Å². The Morgan fingerprint density at radius 2 is 1.55 bits per heavy atom. The van der Waals surface area contributed by atoms with Gasteiger partial charge in [-0.1, -0.05) is 51.8 Å². The van der Waals surface area contributed by atoms with E-state index in [1.807, 2.05) is 26.0 Å². The number of rotatable bonds is 2. The van der Waals surface area contributed by atoms with Crippen LogP contribution in [-0.4, -0.2) is 0 Å². The lowest BCUT2D eigenvalue weighted by Gasteiger charge is -2.15. The van der Waals surface area contributed by atoms with Gasteiger partial charge in [-0.25, -0.2) is 0 Å². The number of alkyl halides is 4. The molecule has 2 aromatic rings. The van der Waals surface area contributed by atoms with Crippen LogP contribution in [0.3, 0.4) is 0 Å². The van der Waals surface area contributed by atoms with Gasteiger partial charge in [0.25, 0.3) is 0 Å². The van der Waals surface area contributed by atoms with Crippen LogP contribution in [-0.2, 0) is 6.18 Å². The highest BCUT2D eigenvalue weighted by Crippen LogP contribution is 2.35. The molecule has 0 nitrogen and oxygen atoms in total. The van der Waals surface area contributed by atoms with E-state index in [1.54, 1.807) is 0 Å². The van der Waals surface area contributed by atoms with E-state index in [1.165, 1.54) is 17.7 Å². The summed E-state index contributed by atoms with van der Waals surface area (Å²) in [5.74, 6) is 0. The summed E-state index contributed by atoms with van der Waals surface area (Å²) in [6.45, 7) is 4.01. The molecule has 0 spiro atoms. The first kappa shape index (κ1) is 15.1. The number of hydrogen-bond donors (Lipinski definition) is 0. The smallest absolute Gasteiger partial charge is 0.166 e. The molecule has 0 aliphatic heterocycles. The molecule has 0 aliphatic carbocycles. The van der Waals surface area contributed by atoms with Crippen LogP contribution in [0.5, 0.6) is 0 Å². The average Bonchev–Trinajstić information content (AvgIpc) is 2.37. The zero-order valence-electron chi connectivity index (χ0n) is 11.1. The van der Waals surface area contributed by atoms with E-state index >= 15 is 0 Å². The van der Waals surface area contributed by atoms with Crippen molar-refractivity contribution < 1.29 is 13.2 Å². The van der Waals surface area contributed by atoms with Crippen LogP contribution in [0.25, 0.3) is 0 Å². The van der Waals surface area contributed by atoms with Gasteiger partial charge < -0.3 is 0 Å². The minimum atomic E-state index is -4.29. The fourth-order valence-electron chi connectivity index (χ4n) is 2.13. The molecule has 0 amide bonds. The van der Waals surface area contributed by atoms with Gasteiger partial charge in [0.15, 0.2) is 0 Å². The Morgan fingerprint density at radius 1 is 0.950 bits per heavy atom. The second kappa shape index (κ2) is 5.60. The number of aryl methyl sites for hydroxylation is 2. The summed E-state index contributed by atoms with van der Waals surface area (Å²) in [6, 6.07) is 11.3. The van der Waals surface area contributed by atoms with E-state index in [0.29, 0.717) is 0 Å². The maximum absolute atomic E-state index is 12.5. The third-order valence-corrected chi connectivity index (χ3v) is 4.25. The van der Waals surface area contributed by atoms with Gasteiger partial charge in [-0.15, -0.1) is 0 Å². The number of hydrogen-bond acceptors (Lipinski definition) is 0. The second-order valence-electron chi connectivity index (χ2n) is 4.84. The molecule has 0 saturated carbocycles. The topological polar surface area (TPSA) is 0 Å². The largest absolute Gasteiger partial charge is 0.416 e. The van der Waals surface area contributed by atoms with Crippen LogP contribution in [0.15, 0.2) is 42.5 Å². The first-order valence-corrected chi connectivity index (χ1v) is 7.09. The molecular formula is C16H14BrF3. The van der Waals surface area contributed by atoms with Crippen LogP contribution in [0.2, 0.25) is 0 Å². The van der Waals surface area contributed by atoms with Crippen LogP contribution in [0.1, 0.15) is 32.6 Å². The van der Waals surface area contributed by atoms with Gasteiger partial charge in [0, 0.05) is 0 Å². The highest BCUT2D eigenvalue weighted by atomic mass is 79.9. The SMILES string of the molecule is Cc1ccc(C(Br)c2ccc(C(F)(F)F)cc2)c(C)c1. The molecule has 0 radical (unpaired) electrons. The van der Waals surface area contributed by atoms with Crippen LogP contribution < -0.4 is 0 Å². The Hall–Kier alpha value is -1.29. The lowest BCUT2D eigenvalue weighted by Crippen LogP contribution is -2.05. The molecule has 2 aromatic carbocycles. The Labute approximate surface area is 124 Å². The summed E-state index contributed by atoms with van der Waals surface area (Å²) in [6.07, 6.45) is -4.29. The molecule has 2 rings (SSSR count). The predicted octanol–water partition coefficient (Wildman–Crippen LogP) is 5.81. The Morgan fingerprint density at radius 3 is 2.05 bits per heavy atom. The second-order valence-corrected chi connectivity index (χ2v) is 5.76. The van der Waals surface area contributed by atoms with Crippen molar-refractivity contribution in [2.24, 2.45) is 0 Å². The third kappa shape index (κ3) is 3.23. The van der Waals surface area contributed by atoms with Crippen molar-refractivity contribution in [1.82, 2.24) is 0 Å². The maximum Gasteiger partial charge on any atom is 0.416 e. The van der Waals surface area contributed by atoms with E-state index in [9.17, 15) is 13.2 Å². The minimum Gasteiger partial charge on any atom is -0.166 e.